The third kappa shape index (κ3) is 2.60. The molecule has 104 valence electrons. The van der Waals surface area contributed by atoms with Gasteiger partial charge in [0.2, 0.25) is 0 Å². The molecule has 0 fully saturated rings. The number of ether oxygens (including phenoxy) is 1. The van der Waals surface area contributed by atoms with Gasteiger partial charge in [0.25, 0.3) is 5.91 Å². The highest BCUT2D eigenvalue weighted by atomic mass is 16.5. The molecule has 0 saturated heterocycles. The van der Waals surface area contributed by atoms with E-state index in [2.05, 4.69) is 9.97 Å². The molecule has 20 heavy (non-hydrogen) atoms. The summed E-state index contributed by atoms with van der Waals surface area (Å²) in [5.74, 6) is -0.170. The van der Waals surface area contributed by atoms with E-state index >= 15 is 0 Å². The number of hydrogen-bond donors (Lipinski definition) is 2. The van der Waals surface area contributed by atoms with Crippen molar-refractivity contribution in [2.24, 2.45) is 5.73 Å². The summed E-state index contributed by atoms with van der Waals surface area (Å²) in [5.41, 5.74) is 12.5. The second-order valence-corrected chi connectivity index (χ2v) is 4.32. The monoisotopic (exact) mass is 272 g/mol. The lowest BCUT2D eigenvalue weighted by Gasteiger charge is -2.16. The van der Waals surface area contributed by atoms with E-state index in [0.717, 1.165) is 5.56 Å². The van der Waals surface area contributed by atoms with Crippen molar-refractivity contribution in [1.82, 2.24) is 9.97 Å². The van der Waals surface area contributed by atoms with Crippen LogP contribution in [0.3, 0.4) is 0 Å². The second kappa shape index (κ2) is 5.66. The van der Waals surface area contributed by atoms with Crippen LogP contribution in [0.15, 0.2) is 30.3 Å². The van der Waals surface area contributed by atoms with E-state index in [1.54, 1.807) is 14.0 Å². The normalized spacial score (nSPS) is 12.1. The fraction of sp³-hybridized carbons (Fsp3) is 0.214. The number of carbonyl (C=O) groups excluding carboxylic acids is 1. The van der Waals surface area contributed by atoms with E-state index in [0.29, 0.717) is 11.5 Å². The third-order valence-electron chi connectivity index (χ3n) is 2.95. The highest BCUT2D eigenvalue weighted by Gasteiger charge is 2.21. The number of anilines is 1. The SMILES string of the molecule is COC(c1ccccc1)c1nc(C)c(C(N)=O)c(N)n1. The fourth-order valence-corrected chi connectivity index (χ4v) is 2.06. The molecule has 1 atom stereocenters. The number of amides is 1. The van der Waals surface area contributed by atoms with Crippen LogP contribution >= 0.6 is 0 Å². The Bertz CT molecular complexity index is 605. The topological polar surface area (TPSA) is 104 Å². The first-order chi connectivity index (χ1) is 9.54. The highest BCUT2D eigenvalue weighted by molar-refractivity contribution is 5.98. The number of aromatic nitrogens is 2. The maximum Gasteiger partial charge on any atom is 0.254 e. The zero-order valence-corrected chi connectivity index (χ0v) is 11.3. The van der Waals surface area contributed by atoms with Crippen LogP contribution in [0.4, 0.5) is 5.82 Å². The zero-order valence-electron chi connectivity index (χ0n) is 11.3. The van der Waals surface area contributed by atoms with E-state index in [9.17, 15) is 4.79 Å². The molecular weight excluding hydrogens is 256 g/mol. The van der Waals surface area contributed by atoms with Gasteiger partial charge in [-0.3, -0.25) is 4.79 Å². The van der Waals surface area contributed by atoms with Crippen LogP contribution in [0, 0.1) is 6.92 Å². The average molecular weight is 272 g/mol. The van der Waals surface area contributed by atoms with Gasteiger partial charge in [-0.15, -0.1) is 0 Å². The van der Waals surface area contributed by atoms with E-state index in [1.165, 1.54) is 0 Å². The number of rotatable bonds is 4. The first-order valence-electron chi connectivity index (χ1n) is 6.06. The Morgan fingerprint density at radius 2 is 1.90 bits per heavy atom. The quantitative estimate of drug-likeness (QED) is 0.870. The van der Waals surface area contributed by atoms with Crippen LogP contribution in [0.5, 0.6) is 0 Å². The summed E-state index contributed by atoms with van der Waals surface area (Å²) in [7, 11) is 1.56. The summed E-state index contributed by atoms with van der Waals surface area (Å²) in [4.78, 5) is 19.7. The molecule has 2 aromatic rings. The molecule has 0 aliphatic heterocycles. The summed E-state index contributed by atoms with van der Waals surface area (Å²) < 4.78 is 5.44. The van der Waals surface area contributed by atoms with E-state index in [-0.39, 0.29) is 11.4 Å². The number of nitrogens with two attached hydrogens (primary N) is 2. The van der Waals surface area contributed by atoms with Gasteiger partial charge in [0.1, 0.15) is 17.5 Å². The molecular formula is C14H16N4O2. The Morgan fingerprint density at radius 3 is 2.40 bits per heavy atom. The third-order valence-corrected chi connectivity index (χ3v) is 2.95. The molecule has 0 bridgehead atoms. The van der Waals surface area contributed by atoms with Crippen LogP contribution < -0.4 is 11.5 Å². The molecule has 0 radical (unpaired) electrons. The van der Waals surface area contributed by atoms with Crippen molar-refractivity contribution in [1.29, 1.82) is 0 Å². The Balaban J connectivity index is 2.49. The van der Waals surface area contributed by atoms with Gasteiger partial charge in [0.05, 0.1) is 5.69 Å². The van der Waals surface area contributed by atoms with E-state index < -0.39 is 12.0 Å². The number of nitrogens with zero attached hydrogens (tertiary/aromatic N) is 2. The molecule has 0 aliphatic rings. The van der Waals surface area contributed by atoms with Crippen molar-refractivity contribution in [2.75, 3.05) is 12.8 Å². The number of benzene rings is 1. The van der Waals surface area contributed by atoms with Crippen LogP contribution in [0.2, 0.25) is 0 Å². The largest absolute Gasteiger partial charge is 0.383 e. The number of hydrogen-bond acceptors (Lipinski definition) is 5. The molecule has 6 heteroatoms. The van der Waals surface area contributed by atoms with Crippen molar-refractivity contribution in [3.05, 3.63) is 53.0 Å². The van der Waals surface area contributed by atoms with Crippen molar-refractivity contribution in [3.8, 4) is 0 Å². The average Bonchev–Trinajstić information content (AvgIpc) is 2.39. The summed E-state index contributed by atoms with van der Waals surface area (Å²) in [6, 6.07) is 9.52. The minimum atomic E-state index is -0.639. The molecule has 1 amide bonds. The Morgan fingerprint density at radius 1 is 1.25 bits per heavy atom. The minimum absolute atomic E-state index is 0.0676. The predicted octanol–water partition coefficient (Wildman–Crippen LogP) is 1.20. The number of methoxy groups -OCH3 is 1. The molecule has 0 aliphatic carbocycles. The lowest BCUT2D eigenvalue weighted by molar-refractivity contribution is 0.0998. The number of aryl methyl sites for hydroxylation is 1. The number of primary amides is 1. The van der Waals surface area contributed by atoms with Gasteiger partial charge >= 0.3 is 0 Å². The second-order valence-electron chi connectivity index (χ2n) is 4.32. The molecule has 1 aromatic carbocycles. The van der Waals surface area contributed by atoms with Gasteiger partial charge in [-0.05, 0) is 12.5 Å². The van der Waals surface area contributed by atoms with Gasteiger partial charge in [0.15, 0.2) is 5.82 Å². The Kier molecular flexibility index (Phi) is 3.95. The van der Waals surface area contributed by atoms with Gasteiger partial charge in [-0.1, -0.05) is 30.3 Å². The van der Waals surface area contributed by atoms with Gasteiger partial charge in [-0.2, -0.15) is 0 Å². The first kappa shape index (κ1) is 14.0. The van der Waals surface area contributed by atoms with Crippen LogP contribution in [-0.4, -0.2) is 23.0 Å². The van der Waals surface area contributed by atoms with E-state index in [4.69, 9.17) is 16.2 Å². The van der Waals surface area contributed by atoms with Crippen LogP contribution in [-0.2, 0) is 4.74 Å². The smallest absolute Gasteiger partial charge is 0.254 e. The minimum Gasteiger partial charge on any atom is -0.383 e. The molecule has 1 unspecified atom stereocenters. The molecule has 0 spiro atoms. The zero-order chi connectivity index (χ0) is 14.7. The van der Waals surface area contributed by atoms with Gasteiger partial charge < -0.3 is 16.2 Å². The van der Waals surface area contributed by atoms with Crippen molar-refractivity contribution in [2.45, 2.75) is 13.0 Å². The molecule has 2 rings (SSSR count). The molecule has 4 N–H and O–H groups in total. The summed E-state index contributed by atoms with van der Waals surface area (Å²) in [6.07, 6.45) is -0.445. The lowest BCUT2D eigenvalue weighted by atomic mass is 10.1. The van der Waals surface area contributed by atoms with Crippen molar-refractivity contribution < 1.29 is 9.53 Å². The molecule has 6 nitrogen and oxygen atoms in total. The maximum absolute atomic E-state index is 11.3. The van der Waals surface area contributed by atoms with Gasteiger partial charge in [-0.25, -0.2) is 9.97 Å². The Labute approximate surface area is 116 Å². The summed E-state index contributed by atoms with van der Waals surface area (Å²) in [6.45, 7) is 1.67. The summed E-state index contributed by atoms with van der Waals surface area (Å²) in [5, 5.41) is 0. The molecule has 1 heterocycles. The maximum atomic E-state index is 11.3. The van der Waals surface area contributed by atoms with Crippen molar-refractivity contribution in [3.63, 3.8) is 0 Å². The van der Waals surface area contributed by atoms with Crippen LogP contribution in [0.25, 0.3) is 0 Å². The van der Waals surface area contributed by atoms with Crippen molar-refractivity contribution >= 4 is 11.7 Å². The number of carbonyl (C=O) groups is 1. The lowest BCUT2D eigenvalue weighted by Crippen LogP contribution is -2.20. The fourth-order valence-electron chi connectivity index (χ4n) is 2.06. The molecule has 0 saturated carbocycles. The first-order valence-corrected chi connectivity index (χ1v) is 6.06. The number of nitrogen functional groups attached to an aromatic ring is 1. The Hall–Kier alpha value is -2.47. The van der Waals surface area contributed by atoms with Gasteiger partial charge in [0, 0.05) is 7.11 Å². The summed E-state index contributed by atoms with van der Waals surface area (Å²) >= 11 is 0. The molecule has 1 aromatic heterocycles. The van der Waals surface area contributed by atoms with E-state index in [1.807, 2.05) is 30.3 Å². The predicted molar refractivity (Wildman–Crippen MR) is 75.0 cm³/mol. The highest BCUT2D eigenvalue weighted by Crippen LogP contribution is 2.24. The standard InChI is InChI=1S/C14H16N4O2/c1-8-10(13(16)19)12(15)18-14(17-8)11(20-2)9-6-4-3-5-7-9/h3-7,11H,1-2H3,(H2,16,19)(H2,15,17,18). The van der Waals surface area contributed by atoms with Crippen LogP contribution in [0.1, 0.15) is 33.5 Å².